The highest BCUT2D eigenvalue weighted by Crippen LogP contribution is 2.52. The molecular weight excluding hydrogens is 473 g/mol. The average Bonchev–Trinajstić information content (AvgIpc) is 2.77. The van der Waals surface area contributed by atoms with Crippen molar-refractivity contribution in [3.05, 3.63) is 51.2 Å². The lowest BCUT2D eigenvalue weighted by Gasteiger charge is -2.50. The number of nitrogens with zero attached hydrogens (tertiary/aromatic N) is 2. The van der Waals surface area contributed by atoms with E-state index in [1.807, 2.05) is 0 Å². The number of allylic oxidation sites excluding steroid dienone is 1. The normalized spacial score (nSPS) is 28.9. The van der Waals surface area contributed by atoms with E-state index in [1.54, 1.807) is 40.0 Å². The van der Waals surface area contributed by atoms with Crippen LogP contribution in [0.25, 0.3) is 0 Å². The summed E-state index contributed by atoms with van der Waals surface area (Å²) in [5, 5.41) is 44.2. The molecule has 0 aliphatic heterocycles. The van der Waals surface area contributed by atoms with Gasteiger partial charge in [-0.1, -0.05) is 0 Å². The van der Waals surface area contributed by atoms with Crippen LogP contribution in [0.5, 0.6) is 5.75 Å². The number of phenols is 1. The highest BCUT2D eigenvalue weighted by Gasteiger charge is 2.63. The van der Waals surface area contributed by atoms with Crippen molar-refractivity contribution in [1.29, 1.82) is 0 Å². The summed E-state index contributed by atoms with van der Waals surface area (Å²) in [5.74, 6) is -8.28. The first kappa shape index (κ1) is 25.8. The highest BCUT2D eigenvalue weighted by molar-refractivity contribution is 6.24. The Morgan fingerprint density at radius 2 is 1.81 bits per heavy atom. The third kappa shape index (κ3) is 3.30. The van der Waals surface area contributed by atoms with Gasteiger partial charge >= 0.3 is 0 Å². The second-order valence-electron chi connectivity index (χ2n) is 10.3. The van der Waals surface area contributed by atoms with Crippen molar-refractivity contribution in [1.82, 2.24) is 9.80 Å². The number of benzene rings is 1. The van der Waals surface area contributed by atoms with Crippen molar-refractivity contribution < 1.29 is 39.2 Å². The number of Topliss-reactive ketones (excluding diaryl/α,β-unsaturated/α-hetero) is 2. The fourth-order valence-electron chi connectivity index (χ4n) is 5.90. The van der Waals surface area contributed by atoms with Crippen molar-refractivity contribution in [3.63, 3.8) is 0 Å². The van der Waals surface area contributed by atoms with E-state index in [-0.39, 0.29) is 35.1 Å². The van der Waals surface area contributed by atoms with E-state index < -0.39 is 75.7 Å². The summed E-state index contributed by atoms with van der Waals surface area (Å²) in [5.41, 5.74) is 1.22. The first-order chi connectivity index (χ1) is 16.7. The van der Waals surface area contributed by atoms with Gasteiger partial charge in [-0.15, -0.1) is 0 Å². The number of aliphatic hydroxyl groups excluding tert-OH is 2. The summed E-state index contributed by atoms with van der Waals surface area (Å²) in [4.78, 5) is 42.0. The Morgan fingerprint density at radius 3 is 2.33 bits per heavy atom. The Balaban J connectivity index is 1.95. The Bertz CT molecular complexity index is 1270. The minimum Gasteiger partial charge on any atom is -0.510 e. The summed E-state index contributed by atoms with van der Waals surface area (Å²) in [6.45, 7) is 1.74. The fourth-order valence-corrected chi connectivity index (χ4v) is 5.90. The van der Waals surface area contributed by atoms with Gasteiger partial charge in [0, 0.05) is 28.7 Å². The second kappa shape index (κ2) is 8.39. The van der Waals surface area contributed by atoms with Gasteiger partial charge < -0.3 is 31.1 Å². The number of aromatic hydroxyl groups is 1. The summed E-state index contributed by atoms with van der Waals surface area (Å²) in [6, 6.07) is -0.357. The van der Waals surface area contributed by atoms with Gasteiger partial charge in [0.2, 0.25) is 5.78 Å². The fraction of sp³-hybridized carbons (Fsp3) is 0.480. The summed E-state index contributed by atoms with van der Waals surface area (Å²) >= 11 is 0. The first-order valence-corrected chi connectivity index (χ1v) is 11.5. The quantitative estimate of drug-likeness (QED) is 0.375. The molecule has 1 unspecified atom stereocenters. The number of hydrogen-bond donors (Lipinski definition) is 5. The van der Waals surface area contributed by atoms with Gasteiger partial charge in [0.05, 0.1) is 11.6 Å². The van der Waals surface area contributed by atoms with Crippen LogP contribution in [0.15, 0.2) is 28.7 Å². The van der Waals surface area contributed by atoms with Crippen molar-refractivity contribution in [2.45, 2.75) is 37.5 Å². The van der Waals surface area contributed by atoms with E-state index >= 15 is 4.39 Å². The lowest BCUT2D eigenvalue weighted by Crippen LogP contribution is -2.63. The molecule has 36 heavy (non-hydrogen) atoms. The van der Waals surface area contributed by atoms with Gasteiger partial charge in [0.1, 0.15) is 28.7 Å². The summed E-state index contributed by atoms with van der Waals surface area (Å²) in [6.07, 6.45) is -0.193. The van der Waals surface area contributed by atoms with Crippen LogP contribution in [0, 0.1) is 17.7 Å². The lowest BCUT2D eigenvalue weighted by atomic mass is 9.58. The number of hydrogen-bond acceptors (Lipinski definition) is 9. The molecule has 0 radical (unpaired) electrons. The van der Waals surface area contributed by atoms with E-state index in [9.17, 15) is 34.8 Å². The molecule has 6 N–H and O–H groups in total. The third-order valence-electron chi connectivity index (χ3n) is 7.91. The van der Waals surface area contributed by atoms with E-state index in [0.717, 1.165) is 6.07 Å². The molecular formula is C25H30FN3O7. The maximum atomic E-state index is 15.7. The molecule has 10 nitrogen and oxygen atoms in total. The first-order valence-electron chi connectivity index (χ1n) is 11.5. The Labute approximate surface area is 207 Å². The Kier molecular flexibility index (Phi) is 6.02. The van der Waals surface area contributed by atoms with E-state index in [2.05, 4.69) is 0 Å². The minimum atomic E-state index is -2.72. The largest absolute Gasteiger partial charge is 0.510 e. The van der Waals surface area contributed by atoms with Crippen LogP contribution in [0.1, 0.15) is 40.9 Å². The standard InChI is InChI=1S/C25H30FN3O7/c1-9(28(2)3)11-8-14(30)16-12(18(11)26)6-10-7-13-19(29(4)5)21(32)17(24(27)35)23(34)25(13,36)22(33)15(10)20(16)31/h8-10,13,19,30,32-33,36H,6-7H2,1-5H3,(H2,27,35)/t9?,10-,13-,19-,25-/m0/s1. The van der Waals surface area contributed by atoms with Crippen molar-refractivity contribution in [2.75, 3.05) is 28.2 Å². The number of carbonyl (C=O) groups excluding carboxylic acids is 3. The molecule has 0 fully saturated rings. The number of primary amides is 1. The third-order valence-corrected chi connectivity index (χ3v) is 7.91. The number of phenolic OH excluding ortho intramolecular Hbond substituents is 1. The number of likely N-dealkylation sites (N-methyl/N-ethyl adjacent to an activating group) is 1. The number of rotatable bonds is 4. The van der Waals surface area contributed by atoms with Crippen LogP contribution < -0.4 is 5.73 Å². The van der Waals surface area contributed by atoms with Crippen LogP contribution in [0.2, 0.25) is 0 Å². The van der Waals surface area contributed by atoms with Crippen LogP contribution in [0.3, 0.4) is 0 Å². The number of fused-ring (bicyclic) bond motifs is 3. The van der Waals surface area contributed by atoms with Crippen LogP contribution in [0.4, 0.5) is 4.39 Å². The molecule has 5 atom stereocenters. The Hall–Kier alpha value is -3.28. The number of amides is 1. The highest BCUT2D eigenvalue weighted by atomic mass is 19.1. The molecule has 1 aromatic rings. The van der Waals surface area contributed by atoms with Crippen molar-refractivity contribution in [2.24, 2.45) is 17.6 Å². The molecule has 11 heteroatoms. The molecule has 0 saturated carbocycles. The van der Waals surface area contributed by atoms with E-state index in [0.29, 0.717) is 0 Å². The molecule has 194 valence electrons. The maximum absolute atomic E-state index is 15.7. The molecule has 0 bridgehead atoms. The number of nitrogens with two attached hydrogens (primary N) is 1. The van der Waals surface area contributed by atoms with Crippen molar-refractivity contribution in [3.8, 4) is 5.75 Å². The predicted octanol–water partition coefficient (Wildman–Crippen LogP) is 0.882. The number of halogens is 1. The van der Waals surface area contributed by atoms with Gasteiger partial charge in [-0.2, -0.15) is 0 Å². The van der Waals surface area contributed by atoms with Gasteiger partial charge in [0.15, 0.2) is 11.4 Å². The number of aliphatic hydroxyl groups is 3. The second-order valence-corrected chi connectivity index (χ2v) is 10.3. The monoisotopic (exact) mass is 503 g/mol. The SMILES string of the molecule is CC(c1cc(O)c2c(c1F)C[C@H]1C[C@H]3[C@H](N(C)C)C(O)=C(C(N)=O)C(=O)[C@@]3(O)C(O)=C1C2=O)N(C)C. The van der Waals surface area contributed by atoms with Gasteiger partial charge in [0.25, 0.3) is 5.91 Å². The summed E-state index contributed by atoms with van der Waals surface area (Å²) in [7, 11) is 6.57. The molecule has 3 aliphatic rings. The summed E-state index contributed by atoms with van der Waals surface area (Å²) < 4.78 is 15.7. The zero-order chi connectivity index (χ0) is 27.0. The van der Waals surface area contributed by atoms with Gasteiger partial charge in [-0.3, -0.25) is 19.3 Å². The molecule has 1 aromatic carbocycles. The van der Waals surface area contributed by atoms with Crippen molar-refractivity contribution >= 4 is 17.5 Å². The predicted molar refractivity (Wildman–Crippen MR) is 126 cm³/mol. The minimum absolute atomic E-state index is 0.0168. The topological polar surface area (TPSA) is 165 Å². The van der Waals surface area contributed by atoms with Gasteiger partial charge in [-0.05, 0) is 59.9 Å². The molecule has 0 saturated heterocycles. The maximum Gasteiger partial charge on any atom is 0.255 e. The van der Waals surface area contributed by atoms with Crippen LogP contribution >= 0.6 is 0 Å². The molecule has 0 spiro atoms. The zero-order valence-corrected chi connectivity index (χ0v) is 20.7. The smallest absolute Gasteiger partial charge is 0.255 e. The molecule has 3 aliphatic carbocycles. The number of ketones is 2. The Morgan fingerprint density at radius 1 is 1.19 bits per heavy atom. The van der Waals surface area contributed by atoms with E-state index in [1.165, 1.54) is 4.90 Å². The lowest BCUT2D eigenvalue weighted by molar-refractivity contribution is -0.148. The molecule has 4 rings (SSSR count). The molecule has 0 aromatic heterocycles. The van der Waals surface area contributed by atoms with E-state index in [4.69, 9.17) is 5.73 Å². The van der Waals surface area contributed by atoms with Crippen LogP contribution in [-0.4, -0.2) is 87.5 Å². The molecule has 1 amide bonds. The molecule has 0 heterocycles. The zero-order valence-electron chi connectivity index (χ0n) is 20.7. The average molecular weight is 504 g/mol. The number of carbonyl (C=O) groups is 3. The van der Waals surface area contributed by atoms with Gasteiger partial charge in [-0.25, -0.2) is 4.39 Å². The van der Waals surface area contributed by atoms with Crippen LogP contribution in [-0.2, 0) is 16.0 Å².